The molecule has 0 aliphatic rings. The van der Waals surface area contributed by atoms with Gasteiger partial charge in [-0.05, 0) is 24.3 Å². The van der Waals surface area contributed by atoms with Gasteiger partial charge in [-0.3, -0.25) is 10.9 Å². The molecule has 0 fully saturated rings. The Balaban J connectivity index is 1.78. The van der Waals surface area contributed by atoms with E-state index >= 15 is 0 Å². The highest BCUT2D eigenvalue weighted by molar-refractivity contribution is 6.53. The quantitative estimate of drug-likeness (QED) is 0.299. The second-order valence-electron chi connectivity index (χ2n) is 6.61. The highest BCUT2D eigenvalue weighted by Gasteiger charge is 2.15. The van der Waals surface area contributed by atoms with Gasteiger partial charge in [0.2, 0.25) is 0 Å². The molecule has 4 nitrogen and oxygen atoms in total. The van der Waals surface area contributed by atoms with Crippen LogP contribution in [0.2, 0.25) is 0 Å². The Kier molecular flexibility index (Phi) is 6.28. The Morgan fingerprint density at radius 2 is 0.700 bits per heavy atom. The van der Waals surface area contributed by atoms with Crippen LogP contribution in [0.1, 0.15) is 11.1 Å². The maximum Gasteiger partial charge on any atom is 0.119 e. The van der Waals surface area contributed by atoms with Gasteiger partial charge in [0.15, 0.2) is 0 Å². The Morgan fingerprint density at radius 1 is 0.400 bits per heavy atom. The average molecular weight is 390 g/mol. The molecule has 0 bridgehead atoms. The summed E-state index contributed by atoms with van der Waals surface area (Å²) in [6.07, 6.45) is 0. The van der Waals surface area contributed by atoms with Crippen molar-refractivity contribution in [3.8, 4) is 0 Å². The van der Waals surface area contributed by atoms with Crippen molar-refractivity contribution in [2.45, 2.75) is 0 Å². The van der Waals surface area contributed by atoms with E-state index in [2.05, 4.69) is 10.9 Å². The molecule has 0 aliphatic heterocycles. The van der Waals surface area contributed by atoms with E-state index in [1.165, 1.54) is 0 Å². The van der Waals surface area contributed by atoms with Crippen molar-refractivity contribution < 1.29 is 0 Å². The first-order chi connectivity index (χ1) is 14.9. The van der Waals surface area contributed by atoms with Crippen molar-refractivity contribution in [3.05, 3.63) is 132 Å². The smallest absolute Gasteiger partial charge is 0.119 e. The highest BCUT2D eigenvalue weighted by Crippen LogP contribution is 2.14. The molecule has 4 rings (SSSR count). The number of para-hydroxylation sites is 2. The van der Waals surface area contributed by atoms with Crippen LogP contribution in [-0.2, 0) is 0 Å². The second kappa shape index (κ2) is 9.85. The number of benzene rings is 4. The fourth-order valence-electron chi connectivity index (χ4n) is 2.97. The van der Waals surface area contributed by atoms with Crippen LogP contribution < -0.4 is 10.9 Å². The lowest BCUT2D eigenvalue weighted by Gasteiger charge is -2.12. The van der Waals surface area contributed by atoms with Crippen LogP contribution in [0.15, 0.2) is 132 Å². The molecule has 0 amide bonds. The first-order valence-electron chi connectivity index (χ1n) is 9.79. The molecule has 0 spiro atoms. The first-order valence-corrected chi connectivity index (χ1v) is 9.79. The summed E-state index contributed by atoms with van der Waals surface area (Å²) in [5, 5.41) is 9.50. The molecular formula is C26H22N4. The highest BCUT2D eigenvalue weighted by atomic mass is 15.3. The molecule has 4 heteroatoms. The largest absolute Gasteiger partial charge is 0.278 e. The average Bonchev–Trinajstić information content (AvgIpc) is 2.83. The summed E-state index contributed by atoms with van der Waals surface area (Å²) in [5.41, 5.74) is 11.6. The number of hydrogen-bond donors (Lipinski definition) is 2. The fourth-order valence-corrected chi connectivity index (χ4v) is 2.97. The van der Waals surface area contributed by atoms with Crippen molar-refractivity contribution in [3.63, 3.8) is 0 Å². The van der Waals surface area contributed by atoms with Gasteiger partial charge in [-0.15, -0.1) is 0 Å². The lowest BCUT2D eigenvalue weighted by Crippen LogP contribution is -2.20. The third-order valence-electron chi connectivity index (χ3n) is 4.46. The molecule has 0 saturated heterocycles. The van der Waals surface area contributed by atoms with E-state index in [9.17, 15) is 0 Å². The molecule has 0 aromatic heterocycles. The van der Waals surface area contributed by atoms with E-state index in [0.717, 1.165) is 33.9 Å². The maximum atomic E-state index is 4.75. The molecule has 4 aromatic rings. The lowest BCUT2D eigenvalue weighted by molar-refractivity contribution is 1.31. The van der Waals surface area contributed by atoms with E-state index in [1.807, 2.05) is 121 Å². The normalized spacial score (nSPS) is 11.7. The van der Waals surface area contributed by atoms with Crippen LogP contribution in [0, 0.1) is 0 Å². The van der Waals surface area contributed by atoms with Crippen LogP contribution >= 0.6 is 0 Å². The van der Waals surface area contributed by atoms with Gasteiger partial charge in [0.05, 0.1) is 11.4 Å². The molecule has 0 heterocycles. The lowest BCUT2D eigenvalue weighted by atomic mass is 10.00. The summed E-state index contributed by atoms with van der Waals surface area (Å²) < 4.78 is 0. The second-order valence-corrected chi connectivity index (χ2v) is 6.61. The third-order valence-corrected chi connectivity index (χ3v) is 4.46. The number of nitrogens with one attached hydrogen (secondary N) is 2. The standard InChI is InChI=1S/C26H22N4/c1-5-13-21(14-6-1)25(29-27-23-17-9-3-10-18-23)26(22-15-7-2-8-16-22)30-28-24-19-11-4-12-20-24/h1-20,27-28H/b29-25+,30-26?. The maximum absolute atomic E-state index is 4.75. The van der Waals surface area contributed by atoms with Gasteiger partial charge in [0, 0.05) is 11.1 Å². The summed E-state index contributed by atoms with van der Waals surface area (Å²) in [4.78, 5) is 0. The molecule has 0 atom stereocenters. The Hall–Kier alpha value is -4.18. The molecule has 0 saturated carbocycles. The minimum absolute atomic E-state index is 0.745. The summed E-state index contributed by atoms with van der Waals surface area (Å²) in [7, 11) is 0. The number of rotatable bonds is 7. The van der Waals surface area contributed by atoms with Gasteiger partial charge < -0.3 is 0 Å². The van der Waals surface area contributed by atoms with E-state index in [-0.39, 0.29) is 0 Å². The molecule has 0 aliphatic carbocycles. The predicted octanol–water partition coefficient (Wildman–Crippen LogP) is 6.02. The van der Waals surface area contributed by atoms with Crippen molar-refractivity contribution >= 4 is 22.8 Å². The monoisotopic (exact) mass is 390 g/mol. The zero-order valence-corrected chi connectivity index (χ0v) is 16.4. The first kappa shape index (κ1) is 19.2. The van der Waals surface area contributed by atoms with Gasteiger partial charge in [0.1, 0.15) is 11.4 Å². The SMILES string of the molecule is c1ccc(NN=C(/C(=N/Nc2ccccc2)c2ccccc2)c2ccccc2)cc1. The molecular weight excluding hydrogens is 368 g/mol. The van der Waals surface area contributed by atoms with Crippen LogP contribution in [0.4, 0.5) is 11.4 Å². The van der Waals surface area contributed by atoms with E-state index in [1.54, 1.807) is 0 Å². The molecule has 0 radical (unpaired) electrons. The van der Waals surface area contributed by atoms with Crippen LogP contribution in [-0.4, -0.2) is 11.4 Å². The number of anilines is 2. The van der Waals surface area contributed by atoms with Crippen LogP contribution in [0.5, 0.6) is 0 Å². The van der Waals surface area contributed by atoms with E-state index in [4.69, 9.17) is 10.2 Å². The molecule has 0 unspecified atom stereocenters. The topological polar surface area (TPSA) is 48.8 Å². The molecule has 4 aromatic carbocycles. The van der Waals surface area contributed by atoms with E-state index < -0.39 is 0 Å². The summed E-state index contributed by atoms with van der Waals surface area (Å²) in [6, 6.07) is 39.9. The van der Waals surface area contributed by atoms with Gasteiger partial charge in [0.25, 0.3) is 0 Å². The summed E-state index contributed by atoms with van der Waals surface area (Å²) >= 11 is 0. The zero-order valence-electron chi connectivity index (χ0n) is 16.4. The third kappa shape index (κ3) is 5.00. The Morgan fingerprint density at radius 3 is 1.03 bits per heavy atom. The number of hydrogen-bond acceptors (Lipinski definition) is 4. The van der Waals surface area contributed by atoms with Gasteiger partial charge in [-0.25, -0.2) is 0 Å². The van der Waals surface area contributed by atoms with E-state index in [0.29, 0.717) is 0 Å². The van der Waals surface area contributed by atoms with Crippen LogP contribution in [0.25, 0.3) is 0 Å². The van der Waals surface area contributed by atoms with Crippen molar-refractivity contribution in [1.82, 2.24) is 0 Å². The predicted molar refractivity (Wildman–Crippen MR) is 126 cm³/mol. The Bertz CT molecular complexity index is 1010. The van der Waals surface area contributed by atoms with Crippen LogP contribution in [0.3, 0.4) is 0 Å². The van der Waals surface area contributed by atoms with Crippen molar-refractivity contribution in [1.29, 1.82) is 0 Å². The minimum atomic E-state index is 0.745. The molecule has 146 valence electrons. The van der Waals surface area contributed by atoms with Gasteiger partial charge in [-0.2, -0.15) is 10.2 Å². The van der Waals surface area contributed by atoms with Crippen molar-refractivity contribution in [2.75, 3.05) is 10.9 Å². The zero-order chi connectivity index (χ0) is 20.4. The summed E-state index contributed by atoms with van der Waals surface area (Å²) in [5.74, 6) is 0. The number of nitrogens with zero attached hydrogens (tertiary/aromatic N) is 2. The Labute approximate surface area is 176 Å². The number of hydrazone groups is 2. The minimum Gasteiger partial charge on any atom is -0.278 e. The summed E-state index contributed by atoms with van der Waals surface area (Å²) in [6.45, 7) is 0. The molecule has 30 heavy (non-hydrogen) atoms. The van der Waals surface area contributed by atoms with Crippen molar-refractivity contribution in [2.24, 2.45) is 10.2 Å². The van der Waals surface area contributed by atoms with Gasteiger partial charge >= 0.3 is 0 Å². The molecule has 2 N–H and O–H groups in total. The fraction of sp³-hybridized carbons (Fsp3) is 0. The van der Waals surface area contributed by atoms with Gasteiger partial charge in [-0.1, -0.05) is 97.1 Å².